The predicted octanol–water partition coefficient (Wildman–Crippen LogP) is 2.58. The van der Waals surface area contributed by atoms with Gasteiger partial charge in [-0.3, -0.25) is 9.59 Å². The number of hydrogen-bond acceptors (Lipinski definition) is 4. The molecule has 0 aliphatic carbocycles. The number of nitrogens with zero attached hydrogens (tertiary/aromatic N) is 2. The number of halogens is 1. The lowest BCUT2D eigenvalue weighted by molar-refractivity contribution is 0.0714. The highest BCUT2D eigenvalue weighted by Crippen LogP contribution is 2.25. The zero-order valence-corrected chi connectivity index (χ0v) is 12.8. The van der Waals surface area contributed by atoms with E-state index in [0.717, 1.165) is 0 Å². The summed E-state index contributed by atoms with van der Waals surface area (Å²) in [6.45, 7) is 3.42. The highest BCUT2D eigenvalue weighted by atomic mass is 19.1. The molecule has 1 aromatic heterocycles. The van der Waals surface area contributed by atoms with Crippen LogP contribution in [0.4, 0.5) is 10.1 Å². The summed E-state index contributed by atoms with van der Waals surface area (Å²) in [5.74, 6) is -0.648. The molecular formula is C17H17FN2O3. The number of benzene rings is 1. The molecule has 0 saturated carbocycles. The van der Waals surface area contributed by atoms with E-state index in [4.69, 9.17) is 4.42 Å². The number of carbonyl (C=O) groups is 2. The average Bonchev–Trinajstić information content (AvgIpc) is 3.08. The second-order valence-corrected chi connectivity index (χ2v) is 5.45. The van der Waals surface area contributed by atoms with Gasteiger partial charge in [-0.25, -0.2) is 4.39 Å². The number of anilines is 1. The maximum atomic E-state index is 13.9. The Bertz CT molecular complexity index is 719. The SMILES string of the molecule is CC(=O)c1c(F)cccc1N1CCN(C(=O)c2ccco2)CC1. The van der Waals surface area contributed by atoms with Crippen LogP contribution in [0.1, 0.15) is 27.8 Å². The molecule has 1 aliphatic rings. The van der Waals surface area contributed by atoms with E-state index in [1.54, 1.807) is 29.2 Å². The van der Waals surface area contributed by atoms with Gasteiger partial charge in [-0.1, -0.05) is 6.07 Å². The molecule has 2 aromatic rings. The Kier molecular flexibility index (Phi) is 4.14. The smallest absolute Gasteiger partial charge is 0.289 e. The van der Waals surface area contributed by atoms with Crippen LogP contribution in [0.3, 0.4) is 0 Å². The fourth-order valence-corrected chi connectivity index (χ4v) is 2.83. The summed E-state index contributed by atoms with van der Waals surface area (Å²) in [6, 6.07) is 7.93. The molecule has 0 radical (unpaired) electrons. The first-order valence-electron chi connectivity index (χ1n) is 7.45. The minimum atomic E-state index is -0.510. The van der Waals surface area contributed by atoms with Gasteiger partial charge in [-0.15, -0.1) is 0 Å². The fourth-order valence-electron chi connectivity index (χ4n) is 2.83. The summed E-state index contributed by atoms with van der Waals surface area (Å²) in [5.41, 5.74) is 0.695. The van der Waals surface area contributed by atoms with Gasteiger partial charge in [-0.05, 0) is 31.2 Å². The lowest BCUT2D eigenvalue weighted by Gasteiger charge is -2.36. The third-order valence-corrected chi connectivity index (χ3v) is 3.98. The Morgan fingerprint density at radius 3 is 2.43 bits per heavy atom. The molecule has 0 spiro atoms. The zero-order valence-electron chi connectivity index (χ0n) is 12.8. The van der Waals surface area contributed by atoms with Gasteiger partial charge in [0.25, 0.3) is 5.91 Å². The Morgan fingerprint density at radius 1 is 1.09 bits per heavy atom. The number of rotatable bonds is 3. The second kappa shape index (κ2) is 6.24. The summed E-state index contributed by atoms with van der Waals surface area (Å²) in [7, 11) is 0. The van der Waals surface area contributed by atoms with E-state index < -0.39 is 5.82 Å². The third kappa shape index (κ3) is 2.97. The van der Waals surface area contributed by atoms with Crippen LogP contribution in [0.15, 0.2) is 41.0 Å². The zero-order chi connectivity index (χ0) is 16.4. The minimum Gasteiger partial charge on any atom is -0.459 e. The second-order valence-electron chi connectivity index (χ2n) is 5.45. The Morgan fingerprint density at radius 2 is 1.83 bits per heavy atom. The number of piperazine rings is 1. The van der Waals surface area contributed by atoms with Crippen molar-refractivity contribution in [3.05, 3.63) is 53.7 Å². The van der Waals surface area contributed by atoms with E-state index >= 15 is 0 Å². The van der Waals surface area contributed by atoms with Crippen molar-refractivity contribution in [1.29, 1.82) is 0 Å². The van der Waals surface area contributed by atoms with E-state index in [9.17, 15) is 14.0 Å². The predicted molar refractivity (Wildman–Crippen MR) is 83.2 cm³/mol. The standard InChI is InChI=1S/C17H17FN2O3/c1-12(21)16-13(18)4-2-5-14(16)19-7-9-20(10-8-19)17(22)15-6-3-11-23-15/h2-6,11H,7-10H2,1H3. The van der Waals surface area contributed by atoms with Crippen molar-refractivity contribution in [2.75, 3.05) is 31.1 Å². The van der Waals surface area contributed by atoms with E-state index in [2.05, 4.69) is 0 Å². The van der Waals surface area contributed by atoms with Gasteiger partial charge >= 0.3 is 0 Å². The van der Waals surface area contributed by atoms with Crippen LogP contribution in [0.2, 0.25) is 0 Å². The molecule has 1 amide bonds. The van der Waals surface area contributed by atoms with Crippen LogP contribution in [-0.4, -0.2) is 42.8 Å². The van der Waals surface area contributed by atoms with Gasteiger partial charge in [-0.2, -0.15) is 0 Å². The van der Waals surface area contributed by atoms with E-state index in [1.165, 1.54) is 19.3 Å². The minimum absolute atomic E-state index is 0.110. The number of hydrogen-bond donors (Lipinski definition) is 0. The van der Waals surface area contributed by atoms with Crippen LogP contribution < -0.4 is 4.90 Å². The first-order valence-corrected chi connectivity index (χ1v) is 7.45. The molecule has 1 saturated heterocycles. The van der Waals surface area contributed by atoms with Gasteiger partial charge in [0, 0.05) is 26.2 Å². The first-order chi connectivity index (χ1) is 11.1. The molecule has 5 nitrogen and oxygen atoms in total. The van der Waals surface area contributed by atoms with Crippen LogP contribution in [0, 0.1) is 5.82 Å². The molecule has 1 aliphatic heterocycles. The Labute approximate surface area is 133 Å². The van der Waals surface area contributed by atoms with Crippen molar-refractivity contribution >= 4 is 17.4 Å². The van der Waals surface area contributed by atoms with Crippen molar-refractivity contribution in [3.63, 3.8) is 0 Å². The summed E-state index contributed by atoms with van der Waals surface area (Å²) in [4.78, 5) is 27.6. The maximum Gasteiger partial charge on any atom is 0.289 e. The molecule has 1 fully saturated rings. The molecule has 6 heteroatoms. The lowest BCUT2D eigenvalue weighted by Crippen LogP contribution is -2.49. The van der Waals surface area contributed by atoms with Gasteiger partial charge in [0.15, 0.2) is 11.5 Å². The Balaban J connectivity index is 1.74. The quantitative estimate of drug-likeness (QED) is 0.817. The first kappa shape index (κ1) is 15.3. The largest absolute Gasteiger partial charge is 0.459 e. The van der Waals surface area contributed by atoms with E-state index in [1.807, 2.05) is 4.90 Å². The molecule has 0 atom stereocenters. The number of amides is 1. The van der Waals surface area contributed by atoms with E-state index in [-0.39, 0.29) is 17.3 Å². The van der Waals surface area contributed by atoms with Gasteiger partial charge in [0.05, 0.1) is 17.5 Å². The number of furan rings is 1. The molecule has 23 heavy (non-hydrogen) atoms. The number of ketones is 1. The topological polar surface area (TPSA) is 53.8 Å². The lowest BCUT2D eigenvalue weighted by atomic mass is 10.1. The molecule has 3 rings (SSSR count). The van der Waals surface area contributed by atoms with Gasteiger partial charge < -0.3 is 14.2 Å². The molecular weight excluding hydrogens is 299 g/mol. The maximum absolute atomic E-state index is 13.9. The monoisotopic (exact) mass is 316 g/mol. The molecule has 0 N–H and O–H groups in total. The van der Waals surface area contributed by atoms with Crippen molar-refractivity contribution in [3.8, 4) is 0 Å². The molecule has 120 valence electrons. The van der Waals surface area contributed by atoms with Crippen molar-refractivity contribution in [1.82, 2.24) is 4.90 Å². The van der Waals surface area contributed by atoms with Crippen molar-refractivity contribution < 1.29 is 18.4 Å². The van der Waals surface area contributed by atoms with Crippen LogP contribution in [0.5, 0.6) is 0 Å². The highest BCUT2D eigenvalue weighted by molar-refractivity contribution is 6.00. The number of Topliss-reactive ketones (excluding diaryl/α,β-unsaturated/α-hetero) is 1. The van der Waals surface area contributed by atoms with Gasteiger partial charge in [0.1, 0.15) is 5.82 Å². The Hall–Kier alpha value is -2.63. The third-order valence-electron chi connectivity index (χ3n) is 3.98. The summed E-state index contributed by atoms with van der Waals surface area (Å²) in [5, 5.41) is 0. The van der Waals surface area contributed by atoms with Gasteiger partial charge in [0.2, 0.25) is 0 Å². The summed E-state index contributed by atoms with van der Waals surface area (Å²) < 4.78 is 19.0. The van der Waals surface area contributed by atoms with Crippen molar-refractivity contribution in [2.24, 2.45) is 0 Å². The highest BCUT2D eigenvalue weighted by Gasteiger charge is 2.26. The molecule has 2 heterocycles. The average molecular weight is 316 g/mol. The summed E-state index contributed by atoms with van der Waals surface area (Å²) >= 11 is 0. The van der Waals surface area contributed by atoms with Crippen LogP contribution in [0.25, 0.3) is 0 Å². The van der Waals surface area contributed by atoms with E-state index in [0.29, 0.717) is 37.6 Å². The fraction of sp³-hybridized carbons (Fsp3) is 0.294. The summed E-state index contributed by atoms with van der Waals surface area (Å²) in [6.07, 6.45) is 1.47. The van der Waals surface area contributed by atoms with Crippen LogP contribution in [-0.2, 0) is 0 Å². The normalized spacial score (nSPS) is 14.9. The molecule has 0 unspecified atom stereocenters. The molecule has 1 aromatic carbocycles. The number of carbonyl (C=O) groups excluding carboxylic acids is 2. The molecule has 0 bridgehead atoms. The van der Waals surface area contributed by atoms with Crippen LogP contribution >= 0.6 is 0 Å². The van der Waals surface area contributed by atoms with Crippen molar-refractivity contribution in [2.45, 2.75) is 6.92 Å².